The Balaban J connectivity index is 1.57. The number of rotatable bonds is 6. The van der Waals surface area contributed by atoms with Crippen molar-refractivity contribution in [3.63, 3.8) is 0 Å². The van der Waals surface area contributed by atoms with Crippen molar-refractivity contribution in [2.45, 2.75) is 44.6 Å². The molecule has 1 aromatic carbocycles. The number of methoxy groups -OCH3 is 1. The van der Waals surface area contributed by atoms with Crippen molar-refractivity contribution in [3.8, 4) is 11.8 Å². The Morgan fingerprint density at radius 1 is 1.34 bits per heavy atom. The molecule has 1 N–H and O–H groups in total. The number of aryl methyl sites for hydroxylation is 1. The van der Waals surface area contributed by atoms with Gasteiger partial charge in [-0.1, -0.05) is 6.07 Å². The molecule has 0 radical (unpaired) electrons. The lowest BCUT2D eigenvalue weighted by molar-refractivity contribution is -0.152. The summed E-state index contributed by atoms with van der Waals surface area (Å²) in [5.41, 5.74) is 0.725. The quantitative estimate of drug-likeness (QED) is 0.732. The van der Waals surface area contributed by atoms with Crippen LogP contribution in [0.5, 0.6) is 5.75 Å². The van der Waals surface area contributed by atoms with E-state index in [1.807, 2.05) is 19.1 Å². The first kappa shape index (κ1) is 20.6. The summed E-state index contributed by atoms with van der Waals surface area (Å²) in [6.45, 7) is 1.62. The Morgan fingerprint density at radius 2 is 2.07 bits per heavy atom. The van der Waals surface area contributed by atoms with Gasteiger partial charge >= 0.3 is 5.97 Å². The zero-order valence-corrected chi connectivity index (χ0v) is 16.7. The number of hydrogen-bond acceptors (Lipinski definition) is 6. The highest BCUT2D eigenvalue weighted by Crippen LogP contribution is 2.34. The Hall–Kier alpha value is -3.08. The van der Waals surface area contributed by atoms with Gasteiger partial charge in [-0.25, -0.2) is 0 Å². The number of benzene rings is 1. The maximum Gasteiger partial charge on any atom is 0.311 e. The minimum absolute atomic E-state index is 0.0136. The van der Waals surface area contributed by atoms with Gasteiger partial charge in [0.25, 0.3) is 5.91 Å². The van der Waals surface area contributed by atoms with Crippen LogP contribution in [0.15, 0.2) is 18.2 Å². The molecular formula is C21H25N3O5. The highest BCUT2D eigenvalue weighted by atomic mass is 16.5. The smallest absolute Gasteiger partial charge is 0.311 e. The summed E-state index contributed by atoms with van der Waals surface area (Å²) in [5.74, 6) is -1.40. The van der Waals surface area contributed by atoms with Crippen molar-refractivity contribution in [1.29, 1.82) is 5.26 Å². The van der Waals surface area contributed by atoms with E-state index in [-0.39, 0.29) is 18.9 Å². The average molecular weight is 399 g/mol. The predicted octanol–water partition coefficient (Wildman–Crippen LogP) is 1.85. The third kappa shape index (κ3) is 4.50. The lowest BCUT2D eigenvalue weighted by Gasteiger charge is -2.22. The first-order chi connectivity index (χ1) is 13.9. The number of carbonyl (C=O) groups is 3. The zero-order valence-electron chi connectivity index (χ0n) is 16.7. The van der Waals surface area contributed by atoms with E-state index in [4.69, 9.17) is 9.47 Å². The van der Waals surface area contributed by atoms with Crippen molar-refractivity contribution in [2.75, 3.05) is 25.2 Å². The van der Waals surface area contributed by atoms with Crippen LogP contribution in [0.3, 0.4) is 0 Å². The molecule has 8 heteroatoms. The average Bonchev–Trinajstić information content (AvgIpc) is 3.33. The van der Waals surface area contributed by atoms with Crippen molar-refractivity contribution < 1.29 is 23.9 Å². The maximum atomic E-state index is 12.5. The molecule has 2 aliphatic rings. The molecule has 1 heterocycles. The van der Waals surface area contributed by atoms with Crippen LogP contribution >= 0.6 is 0 Å². The second-order valence-corrected chi connectivity index (χ2v) is 7.64. The molecule has 1 saturated heterocycles. The molecule has 2 fully saturated rings. The van der Waals surface area contributed by atoms with Gasteiger partial charge in [0.2, 0.25) is 5.91 Å². The molecule has 8 nitrogen and oxygen atoms in total. The van der Waals surface area contributed by atoms with Crippen molar-refractivity contribution >= 4 is 23.5 Å². The summed E-state index contributed by atoms with van der Waals surface area (Å²) in [6.07, 6.45) is 2.99. The van der Waals surface area contributed by atoms with Crippen LogP contribution in [0.2, 0.25) is 0 Å². The molecule has 1 atom stereocenters. The zero-order chi connectivity index (χ0) is 21.0. The monoisotopic (exact) mass is 399 g/mol. The standard InChI is InChI=1S/C21H25N3O5/c1-14-5-6-17(28-2)16(9-14)24-11-15(10-19(24)26)20(27)29-12-18(25)23-21(13-22)7-3-4-8-21/h5-6,9,15H,3-4,7-8,10-12H2,1-2H3,(H,23,25)/t15-/m1/s1. The normalized spacial score (nSPS) is 20.2. The van der Waals surface area contributed by atoms with Crippen LogP contribution in [0, 0.1) is 24.2 Å². The summed E-state index contributed by atoms with van der Waals surface area (Å²) >= 11 is 0. The summed E-state index contributed by atoms with van der Waals surface area (Å²) < 4.78 is 10.5. The molecule has 3 rings (SSSR count). The van der Waals surface area contributed by atoms with Gasteiger partial charge < -0.3 is 19.7 Å². The van der Waals surface area contributed by atoms with Crippen molar-refractivity contribution in [1.82, 2.24) is 5.32 Å². The number of hydrogen-bond donors (Lipinski definition) is 1. The largest absolute Gasteiger partial charge is 0.495 e. The highest BCUT2D eigenvalue weighted by Gasteiger charge is 2.38. The van der Waals surface area contributed by atoms with Gasteiger partial charge in [0.15, 0.2) is 6.61 Å². The fraction of sp³-hybridized carbons (Fsp3) is 0.524. The van der Waals surface area contributed by atoms with Crippen LogP contribution < -0.4 is 15.0 Å². The number of nitriles is 1. The molecule has 1 aliphatic heterocycles. The molecule has 0 spiro atoms. The lowest BCUT2D eigenvalue weighted by Crippen LogP contribution is -2.47. The van der Waals surface area contributed by atoms with E-state index in [2.05, 4.69) is 11.4 Å². The van der Waals surface area contributed by atoms with Gasteiger partial charge in [0.1, 0.15) is 11.3 Å². The second kappa shape index (κ2) is 8.52. The molecule has 1 saturated carbocycles. The van der Waals surface area contributed by atoms with E-state index in [1.165, 1.54) is 12.0 Å². The molecular weight excluding hydrogens is 374 g/mol. The van der Waals surface area contributed by atoms with Gasteiger partial charge in [0.05, 0.1) is 24.8 Å². The van der Waals surface area contributed by atoms with Gasteiger partial charge in [-0.2, -0.15) is 5.26 Å². The minimum Gasteiger partial charge on any atom is -0.495 e. The summed E-state index contributed by atoms with van der Waals surface area (Å²) in [7, 11) is 1.53. The fourth-order valence-electron chi connectivity index (χ4n) is 3.91. The predicted molar refractivity (Wildman–Crippen MR) is 104 cm³/mol. The van der Waals surface area contributed by atoms with Crippen LogP contribution in [0.4, 0.5) is 5.69 Å². The fourth-order valence-corrected chi connectivity index (χ4v) is 3.91. The van der Waals surface area contributed by atoms with Crippen LogP contribution in [0.25, 0.3) is 0 Å². The van der Waals surface area contributed by atoms with Crippen molar-refractivity contribution in [3.05, 3.63) is 23.8 Å². The number of esters is 1. The molecule has 154 valence electrons. The summed E-state index contributed by atoms with van der Waals surface area (Å²) in [5, 5.41) is 12.0. The Kier molecular flexibility index (Phi) is 6.06. The van der Waals surface area contributed by atoms with E-state index < -0.39 is 29.9 Å². The summed E-state index contributed by atoms with van der Waals surface area (Å²) in [6, 6.07) is 7.66. The first-order valence-electron chi connectivity index (χ1n) is 9.71. The van der Waals surface area contributed by atoms with Crippen LogP contribution in [-0.4, -0.2) is 43.6 Å². The summed E-state index contributed by atoms with van der Waals surface area (Å²) in [4.78, 5) is 38.5. The second-order valence-electron chi connectivity index (χ2n) is 7.64. The van der Waals surface area contributed by atoms with Gasteiger partial charge in [-0.3, -0.25) is 14.4 Å². The Bertz CT molecular complexity index is 854. The molecule has 2 amide bonds. The molecule has 0 bridgehead atoms. The molecule has 0 unspecified atom stereocenters. The van der Waals surface area contributed by atoms with Crippen LogP contribution in [-0.2, 0) is 19.1 Å². The molecule has 0 aromatic heterocycles. The number of ether oxygens (including phenoxy) is 2. The third-order valence-corrected chi connectivity index (χ3v) is 5.48. The van der Waals surface area contributed by atoms with E-state index in [9.17, 15) is 19.6 Å². The van der Waals surface area contributed by atoms with E-state index >= 15 is 0 Å². The lowest BCUT2D eigenvalue weighted by atomic mass is 10.00. The van der Waals surface area contributed by atoms with Gasteiger partial charge in [0, 0.05) is 13.0 Å². The van der Waals surface area contributed by atoms with Crippen molar-refractivity contribution in [2.24, 2.45) is 5.92 Å². The number of amides is 2. The van der Waals surface area contributed by atoms with E-state index in [0.29, 0.717) is 24.3 Å². The topological polar surface area (TPSA) is 109 Å². The molecule has 1 aliphatic carbocycles. The maximum absolute atomic E-state index is 12.5. The number of nitrogens with one attached hydrogen (secondary N) is 1. The minimum atomic E-state index is -0.856. The third-order valence-electron chi connectivity index (χ3n) is 5.48. The molecule has 1 aromatic rings. The number of carbonyl (C=O) groups excluding carboxylic acids is 3. The SMILES string of the molecule is COc1ccc(C)cc1N1C[C@H](C(=O)OCC(=O)NC2(C#N)CCCC2)CC1=O. The van der Waals surface area contributed by atoms with Gasteiger partial charge in [-0.15, -0.1) is 0 Å². The van der Waals surface area contributed by atoms with Gasteiger partial charge in [-0.05, 0) is 50.3 Å². The highest BCUT2D eigenvalue weighted by molar-refractivity contribution is 6.00. The Labute approximate surface area is 169 Å². The molecule has 29 heavy (non-hydrogen) atoms. The first-order valence-corrected chi connectivity index (χ1v) is 9.71. The van der Waals surface area contributed by atoms with Crippen LogP contribution in [0.1, 0.15) is 37.7 Å². The van der Waals surface area contributed by atoms with E-state index in [1.54, 1.807) is 6.07 Å². The Morgan fingerprint density at radius 3 is 2.72 bits per heavy atom. The number of anilines is 1. The number of nitrogens with zero attached hydrogens (tertiary/aromatic N) is 2. The van der Waals surface area contributed by atoms with E-state index in [0.717, 1.165) is 18.4 Å².